The fourth-order valence-corrected chi connectivity index (χ4v) is 4.40. The molecule has 0 spiro atoms. The van der Waals surface area contributed by atoms with Gasteiger partial charge in [0, 0.05) is 17.5 Å². The molecule has 33 heavy (non-hydrogen) atoms. The fourth-order valence-electron chi connectivity index (χ4n) is 4.40. The summed E-state index contributed by atoms with van der Waals surface area (Å²) in [5.41, 5.74) is 2.84. The Bertz CT molecular complexity index is 1110. The lowest BCUT2D eigenvalue weighted by atomic mass is 9.90. The van der Waals surface area contributed by atoms with Crippen LogP contribution in [0.15, 0.2) is 59.8 Å². The second-order valence-corrected chi connectivity index (χ2v) is 8.63. The van der Waals surface area contributed by atoms with Crippen LogP contribution in [0.4, 0.5) is 5.69 Å². The molecule has 1 aliphatic heterocycles. The van der Waals surface area contributed by atoms with Gasteiger partial charge in [-0.2, -0.15) is 0 Å². The van der Waals surface area contributed by atoms with E-state index >= 15 is 0 Å². The number of rotatable bonds is 7. The topological polar surface area (TPSA) is 76.1 Å². The molecule has 0 saturated heterocycles. The number of benzene rings is 2. The van der Waals surface area contributed by atoms with Gasteiger partial charge in [-0.1, -0.05) is 31.4 Å². The minimum atomic E-state index is -1.03. The monoisotopic (exact) mass is 447 g/mol. The zero-order valence-corrected chi connectivity index (χ0v) is 19.0. The molecule has 2 aromatic rings. The first-order valence-corrected chi connectivity index (χ1v) is 11.3. The Hall–Kier alpha value is -3.54. The molecule has 1 N–H and O–H groups in total. The van der Waals surface area contributed by atoms with Crippen molar-refractivity contribution in [2.45, 2.75) is 39.0 Å². The van der Waals surface area contributed by atoms with Gasteiger partial charge in [-0.15, -0.1) is 0 Å². The molecule has 0 aromatic heterocycles. The maximum absolute atomic E-state index is 13.1. The van der Waals surface area contributed by atoms with Crippen LogP contribution in [0.25, 0.3) is 6.08 Å². The molecular formula is C27H29NO5. The van der Waals surface area contributed by atoms with E-state index in [0.717, 1.165) is 11.1 Å². The number of aromatic carboxylic acids is 1. The number of hydrogen-bond acceptors (Lipinski definition) is 4. The summed E-state index contributed by atoms with van der Waals surface area (Å²) < 4.78 is 11.6. The summed E-state index contributed by atoms with van der Waals surface area (Å²) in [6, 6.07) is 12.0. The first kappa shape index (κ1) is 22.6. The first-order valence-electron chi connectivity index (χ1n) is 11.3. The van der Waals surface area contributed by atoms with Gasteiger partial charge in [0.2, 0.25) is 0 Å². The van der Waals surface area contributed by atoms with Crippen LogP contribution in [0.5, 0.6) is 11.5 Å². The Kier molecular flexibility index (Phi) is 6.82. The lowest BCUT2D eigenvalue weighted by Crippen LogP contribution is -2.21. The molecular weight excluding hydrogens is 418 g/mol. The third-order valence-electron chi connectivity index (χ3n) is 6.27. The van der Waals surface area contributed by atoms with Crippen molar-refractivity contribution >= 4 is 23.6 Å². The maximum atomic E-state index is 13.1. The van der Waals surface area contributed by atoms with Crippen LogP contribution in [0.2, 0.25) is 0 Å². The van der Waals surface area contributed by atoms with Gasteiger partial charge in [-0.05, 0) is 73.2 Å². The van der Waals surface area contributed by atoms with Gasteiger partial charge in [-0.3, -0.25) is 9.69 Å². The smallest absolute Gasteiger partial charge is 0.335 e. The van der Waals surface area contributed by atoms with Crippen LogP contribution in [0.3, 0.4) is 0 Å². The molecule has 2 aliphatic rings. The molecule has 1 amide bonds. The van der Waals surface area contributed by atoms with E-state index in [4.69, 9.17) is 9.47 Å². The molecule has 2 aromatic carbocycles. The molecule has 1 heterocycles. The standard InChI is InChI=1S/C27H29NO5/c1-18-16-28(22-10-6-9-21(15-22)27(30)31)26(29)23(18)13-20-11-12-24(25(14-20)32-2)33-17-19-7-4-3-5-8-19/h6,9-16,19H,3-5,7-8,17H2,1-2H3,(H,30,31)/b23-13-. The minimum absolute atomic E-state index is 0.136. The van der Waals surface area contributed by atoms with Crippen LogP contribution < -0.4 is 14.4 Å². The highest BCUT2D eigenvalue weighted by Crippen LogP contribution is 2.34. The number of carbonyl (C=O) groups is 2. The van der Waals surface area contributed by atoms with Crippen LogP contribution >= 0.6 is 0 Å². The van der Waals surface area contributed by atoms with Gasteiger partial charge < -0.3 is 14.6 Å². The zero-order valence-electron chi connectivity index (χ0n) is 19.0. The number of carboxylic acid groups (broad SMARTS) is 1. The van der Waals surface area contributed by atoms with Crippen molar-refractivity contribution in [3.8, 4) is 11.5 Å². The van der Waals surface area contributed by atoms with Gasteiger partial charge in [-0.25, -0.2) is 4.79 Å². The summed E-state index contributed by atoms with van der Waals surface area (Å²) in [7, 11) is 1.61. The quantitative estimate of drug-likeness (QED) is 0.552. The second-order valence-electron chi connectivity index (χ2n) is 8.63. The zero-order chi connectivity index (χ0) is 23.4. The SMILES string of the molecule is COc1cc(/C=C2\C(=O)N(c3cccc(C(=O)O)c3)C=C2C)ccc1OCC1CCCCC1. The number of amides is 1. The van der Waals surface area contributed by atoms with Crippen molar-refractivity contribution < 1.29 is 24.2 Å². The number of hydrogen-bond donors (Lipinski definition) is 1. The average molecular weight is 448 g/mol. The third kappa shape index (κ3) is 5.11. The maximum Gasteiger partial charge on any atom is 0.335 e. The highest BCUT2D eigenvalue weighted by molar-refractivity contribution is 6.16. The summed E-state index contributed by atoms with van der Waals surface area (Å²) in [4.78, 5) is 25.9. The molecule has 1 fully saturated rings. The van der Waals surface area contributed by atoms with Gasteiger partial charge in [0.15, 0.2) is 11.5 Å². The second kappa shape index (κ2) is 9.94. The van der Waals surface area contributed by atoms with Gasteiger partial charge in [0.1, 0.15) is 0 Å². The van der Waals surface area contributed by atoms with Crippen molar-refractivity contribution in [2.75, 3.05) is 18.6 Å². The molecule has 1 aliphatic carbocycles. The van der Waals surface area contributed by atoms with Crippen LogP contribution in [0.1, 0.15) is 54.9 Å². The lowest BCUT2D eigenvalue weighted by molar-refractivity contribution is -0.113. The predicted octanol–water partition coefficient (Wildman–Crippen LogP) is 5.69. The first-order chi connectivity index (χ1) is 16.0. The molecule has 0 radical (unpaired) electrons. The van der Waals surface area contributed by atoms with E-state index in [1.54, 1.807) is 25.4 Å². The van der Waals surface area contributed by atoms with Gasteiger partial charge in [0.25, 0.3) is 5.91 Å². The van der Waals surface area contributed by atoms with Crippen molar-refractivity contribution in [2.24, 2.45) is 5.92 Å². The van der Waals surface area contributed by atoms with Crippen molar-refractivity contribution in [1.29, 1.82) is 0 Å². The van der Waals surface area contributed by atoms with E-state index in [0.29, 0.717) is 35.3 Å². The normalized spacial score (nSPS) is 17.9. The number of carbonyl (C=O) groups excluding carboxylic acids is 1. The molecule has 6 nitrogen and oxygen atoms in total. The van der Waals surface area contributed by atoms with E-state index in [9.17, 15) is 14.7 Å². The van der Waals surface area contributed by atoms with Crippen molar-refractivity contribution in [3.05, 3.63) is 70.9 Å². The summed E-state index contributed by atoms with van der Waals surface area (Å²) in [6.07, 6.45) is 9.85. The van der Waals surface area contributed by atoms with Crippen molar-refractivity contribution in [1.82, 2.24) is 0 Å². The third-order valence-corrected chi connectivity index (χ3v) is 6.27. The number of anilines is 1. The molecule has 172 valence electrons. The minimum Gasteiger partial charge on any atom is -0.493 e. The Morgan fingerprint density at radius 1 is 1.12 bits per heavy atom. The number of carboxylic acids is 1. The summed E-state index contributed by atoms with van der Waals surface area (Å²) in [5.74, 6) is 0.713. The molecule has 6 heteroatoms. The van der Waals surface area contributed by atoms with Crippen LogP contribution in [-0.2, 0) is 4.79 Å². The fraction of sp³-hybridized carbons (Fsp3) is 0.333. The summed E-state index contributed by atoms with van der Waals surface area (Å²) >= 11 is 0. The van der Waals surface area contributed by atoms with Crippen LogP contribution in [-0.4, -0.2) is 30.7 Å². The highest BCUT2D eigenvalue weighted by Gasteiger charge is 2.27. The number of methoxy groups -OCH3 is 1. The van der Waals surface area contributed by atoms with E-state index in [-0.39, 0.29) is 11.5 Å². The van der Waals surface area contributed by atoms with Gasteiger partial charge in [0.05, 0.1) is 19.3 Å². The molecule has 4 rings (SSSR count). The number of ether oxygens (including phenoxy) is 2. The van der Waals surface area contributed by atoms with Crippen molar-refractivity contribution in [3.63, 3.8) is 0 Å². The molecule has 0 bridgehead atoms. The summed E-state index contributed by atoms with van der Waals surface area (Å²) in [6.45, 7) is 2.56. The Morgan fingerprint density at radius 3 is 2.64 bits per heavy atom. The largest absolute Gasteiger partial charge is 0.493 e. The molecule has 0 atom stereocenters. The average Bonchev–Trinajstić information content (AvgIpc) is 3.12. The summed E-state index contributed by atoms with van der Waals surface area (Å²) in [5, 5.41) is 9.25. The van der Waals surface area contributed by atoms with Gasteiger partial charge >= 0.3 is 5.97 Å². The Morgan fingerprint density at radius 2 is 1.91 bits per heavy atom. The molecule has 0 unspecified atom stereocenters. The highest BCUT2D eigenvalue weighted by atomic mass is 16.5. The molecule has 1 saturated carbocycles. The number of nitrogens with zero attached hydrogens (tertiary/aromatic N) is 1. The van der Waals surface area contributed by atoms with E-state index < -0.39 is 5.97 Å². The Balaban J connectivity index is 1.52. The van der Waals surface area contributed by atoms with E-state index in [1.165, 1.54) is 49.1 Å². The van der Waals surface area contributed by atoms with Crippen LogP contribution in [0, 0.1) is 5.92 Å². The van der Waals surface area contributed by atoms with E-state index in [1.807, 2.05) is 31.2 Å². The Labute approximate surface area is 194 Å². The van der Waals surface area contributed by atoms with E-state index in [2.05, 4.69) is 0 Å². The predicted molar refractivity (Wildman–Crippen MR) is 128 cm³/mol. The lowest BCUT2D eigenvalue weighted by Gasteiger charge is -2.22.